The molecule has 8 aromatic carbocycles. The van der Waals surface area contributed by atoms with Crippen molar-refractivity contribution in [2.75, 3.05) is 0 Å². The fraction of sp³-hybridized carbons (Fsp3) is 0.172. The van der Waals surface area contributed by atoms with E-state index in [9.17, 15) is 0 Å². The van der Waals surface area contributed by atoms with Crippen molar-refractivity contribution >= 4 is 11.3 Å². The average Bonchev–Trinajstić information content (AvgIpc) is 3.66. The number of fused-ring (bicyclic) bond motifs is 9. The molecule has 0 N–H and O–H groups in total. The van der Waals surface area contributed by atoms with Crippen LogP contribution in [0.1, 0.15) is 97.9 Å². The highest BCUT2D eigenvalue weighted by atomic mass is 14.8. The molecule has 10 rings (SSSR count). The number of aliphatic imine (C=N–C) groups is 1. The van der Waals surface area contributed by atoms with E-state index in [-0.39, 0.29) is 11.5 Å². The molecule has 0 radical (unpaired) electrons. The van der Waals surface area contributed by atoms with Crippen molar-refractivity contribution in [1.82, 2.24) is 0 Å². The molecule has 1 spiro atoms. The lowest BCUT2D eigenvalue weighted by molar-refractivity contribution is 0.563. The first-order valence-corrected chi connectivity index (χ1v) is 23.6. The van der Waals surface area contributed by atoms with Gasteiger partial charge in [0, 0.05) is 5.41 Å². The lowest BCUT2D eigenvalue weighted by Gasteiger charge is -2.46. The third-order valence-electron chi connectivity index (χ3n) is 14.2. The van der Waals surface area contributed by atoms with E-state index < -0.39 is 5.41 Å². The van der Waals surface area contributed by atoms with Gasteiger partial charge in [0.2, 0.25) is 0 Å². The van der Waals surface area contributed by atoms with Crippen LogP contribution in [0.25, 0.3) is 50.1 Å². The minimum Gasteiger partial charge on any atom is -0.281 e. The number of hydrogen-bond acceptors (Lipinski definition) is 1. The Bertz CT molecular complexity index is 2990. The molecule has 1 unspecified atom stereocenters. The van der Waals surface area contributed by atoms with E-state index in [2.05, 4.69) is 241 Å². The Balaban J connectivity index is 1.27. The minimum atomic E-state index is -0.543. The van der Waals surface area contributed by atoms with Crippen LogP contribution >= 0.6 is 0 Å². The van der Waals surface area contributed by atoms with Crippen LogP contribution < -0.4 is 0 Å². The van der Waals surface area contributed by atoms with Crippen molar-refractivity contribution in [2.24, 2.45) is 4.99 Å². The van der Waals surface area contributed by atoms with Gasteiger partial charge in [-0.05, 0) is 138 Å². The second-order valence-electron chi connectivity index (χ2n) is 18.4. The molecule has 8 aromatic rings. The van der Waals surface area contributed by atoms with E-state index in [1.54, 1.807) is 0 Å². The zero-order chi connectivity index (χ0) is 44.5. The molecule has 1 nitrogen and oxygen atoms in total. The summed E-state index contributed by atoms with van der Waals surface area (Å²) in [5.74, 6) is 0. The quantitative estimate of drug-likeness (QED) is 0.0858. The van der Waals surface area contributed by atoms with Crippen molar-refractivity contribution in [3.63, 3.8) is 0 Å². The van der Waals surface area contributed by atoms with Crippen LogP contribution in [0.4, 0.5) is 0 Å². The number of nitrogens with zero attached hydrogens (tertiary/aromatic N) is 1. The third-order valence-corrected chi connectivity index (χ3v) is 14.2. The highest BCUT2D eigenvalue weighted by Gasteiger charge is 2.53. The summed E-state index contributed by atoms with van der Waals surface area (Å²) in [4.78, 5) is 5.52. The monoisotopic (exact) mass is 839 g/mol. The predicted octanol–water partition coefficient (Wildman–Crippen LogP) is 16.7. The maximum absolute atomic E-state index is 5.52. The Morgan fingerprint density at radius 3 is 1.60 bits per heavy atom. The van der Waals surface area contributed by atoms with Crippen LogP contribution in [0.2, 0.25) is 0 Å². The van der Waals surface area contributed by atoms with Crippen molar-refractivity contribution < 1.29 is 0 Å². The number of rotatable bonds is 12. The van der Waals surface area contributed by atoms with Gasteiger partial charge in [0.15, 0.2) is 0 Å². The second-order valence-corrected chi connectivity index (χ2v) is 18.4. The van der Waals surface area contributed by atoms with Gasteiger partial charge in [-0.15, -0.1) is 0 Å². The molecule has 2 aliphatic carbocycles. The zero-order valence-electron chi connectivity index (χ0n) is 38.2. The summed E-state index contributed by atoms with van der Waals surface area (Å²) in [6.07, 6.45) is 8.76. The van der Waals surface area contributed by atoms with Crippen molar-refractivity contribution in [1.29, 1.82) is 0 Å². The van der Waals surface area contributed by atoms with Crippen LogP contribution in [-0.4, -0.2) is 11.8 Å². The van der Waals surface area contributed by atoms with Crippen LogP contribution in [0.15, 0.2) is 218 Å². The highest BCUT2D eigenvalue weighted by molar-refractivity contribution is 6.14. The van der Waals surface area contributed by atoms with Gasteiger partial charge < -0.3 is 0 Å². The van der Waals surface area contributed by atoms with Crippen molar-refractivity contribution in [2.45, 2.75) is 70.3 Å². The van der Waals surface area contributed by atoms with Crippen molar-refractivity contribution in [3.05, 3.63) is 257 Å². The molecule has 0 saturated carbocycles. The van der Waals surface area contributed by atoms with Crippen LogP contribution in [-0.2, 0) is 10.8 Å². The summed E-state index contributed by atoms with van der Waals surface area (Å²) in [6.45, 7) is 13.8. The smallest absolute Gasteiger partial charge is 0.0719 e. The molecule has 318 valence electrons. The van der Waals surface area contributed by atoms with Gasteiger partial charge in [-0.2, -0.15) is 0 Å². The first kappa shape index (κ1) is 41.9. The lowest BCUT2D eigenvalue weighted by Crippen LogP contribution is -2.40. The first-order chi connectivity index (χ1) is 31.9. The molecule has 0 amide bonds. The fourth-order valence-corrected chi connectivity index (χ4v) is 11.0. The van der Waals surface area contributed by atoms with Gasteiger partial charge in [0.05, 0.1) is 17.2 Å². The van der Waals surface area contributed by atoms with Gasteiger partial charge >= 0.3 is 0 Å². The molecule has 1 atom stereocenters. The molecule has 1 heteroatoms. The Hall–Kier alpha value is -7.09. The van der Waals surface area contributed by atoms with E-state index >= 15 is 0 Å². The molecule has 0 bridgehead atoms. The second kappa shape index (κ2) is 17.5. The first-order valence-electron chi connectivity index (χ1n) is 23.6. The maximum atomic E-state index is 5.52. The van der Waals surface area contributed by atoms with E-state index in [1.165, 1.54) is 83.5 Å². The number of benzene rings is 8. The summed E-state index contributed by atoms with van der Waals surface area (Å²) in [6, 6.07) is 72.3. The van der Waals surface area contributed by atoms with E-state index in [1.807, 2.05) is 0 Å². The predicted molar refractivity (Wildman–Crippen MR) is 277 cm³/mol. The van der Waals surface area contributed by atoms with Crippen LogP contribution in [0, 0.1) is 0 Å². The third kappa shape index (κ3) is 7.24. The summed E-state index contributed by atoms with van der Waals surface area (Å²) in [5.41, 5.74) is 21.4. The summed E-state index contributed by atoms with van der Waals surface area (Å²) in [5, 5.41) is 0. The number of unbranched alkanes of at least 4 members (excludes halogenated alkanes) is 1. The zero-order valence-corrected chi connectivity index (χ0v) is 38.2. The molecule has 0 aliphatic heterocycles. The molecule has 0 aromatic heterocycles. The minimum absolute atomic E-state index is 0.189. The van der Waals surface area contributed by atoms with E-state index in [4.69, 9.17) is 4.99 Å². The molecule has 0 saturated heterocycles. The topological polar surface area (TPSA) is 12.4 Å². The lowest BCUT2D eigenvalue weighted by atomic mass is 9.55. The van der Waals surface area contributed by atoms with E-state index in [0.717, 1.165) is 42.5 Å². The number of allylic oxidation sites excluding steroid dienone is 3. The van der Waals surface area contributed by atoms with Gasteiger partial charge in [0.1, 0.15) is 0 Å². The van der Waals surface area contributed by atoms with Gasteiger partial charge in [-0.3, -0.25) is 4.99 Å². The fourth-order valence-electron chi connectivity index (χ4n) is 11.0. The molecular weight excluding hydrogens is 783 g/mol. The normalized spacial score (nSPS) is 14.8. The average molecular weight is 840 g/mol. The van der Waals surface area contributed by atoms with E-state index in [0.29, 0.717) is 0 Å². The summed E-state index contributed by atoms with van der Waals surface area (Å²) < 4.78 is 0. The van der Waals surface area contributed by atoms with Gasteiger partial charge in [-0.25, -0.2) is 0 Å². The van der Waals surface area contributed by atoms with Gasteiger partial charge in [0.25, 0.3) is 0 Å². The molecular formula is C64H57N. The van der Waals surface area contributed by atoms with Crippen LogP contribution in [0.5, 0.6) is 0 Å². The molecule has 0 heterocycles. The van der Waals surface area contributed by atoms with Crippen molar-refractivity contribution in [3.8, 4) is 44.5 Å². The standard InChI is InChI=1S/C64H57N/c1-6-9-30-52(8-3)65-61(47-28-17-12-18-29-47)43-44(7-2)53-31-23-36-60-62(53)54-42-48(51-40-49(45-24-13-10-14-25-45)39-50(41-51)46-26-15-11-16-27-46)37-38-55(54)64(60)58-34-21-19-32-56(58)63(4,5)57-33-20-22-35-59(57)64/h7,10-29,31-43,52H,2,6,8-9,30H2,1,3-5H3/b44-43+,65-61?. The highest BCUT2D eigenvalue weighted by Crippen LogP contribution is 2.63. The Kier molecular flexibility index (Phi) is 11.3. The largest absolute Gasteiger partial charge is 0.281 e. The Morgan fingerprint density at radius 1 is 0.523 bits per heavy atom. The maximum Gasteiger partial charge on any atom is 0.0719 e. The molecule has 2 aliphatic rings. The Labute approximate surface area is 386 Å². The summed E-state index contributed by atoms with van der Waals surface area (Å²) in [7, 11) is 0. The van der Waals surface area contributed by atoms with Gasteiger partial charge in [-0.1, -0.05) is 223 Å². The molecule has 65 heavy (non-hydrogen) atoms. The SMILES string of the molecule is C=C/C(=C\C(=NC(CC)CCCC)c1ccccc1)c1cccc2c1-c1cc(-c3cc(-c4ccccc4)cc(-c4ccccc4)c3)ccc1C21c2ccccc2C(C)(C)c2ccccc21. The summed E-state index contributed by atoms with van der Waals surface area (Å²) >= 11 is 0. The van der Waals surface area contributed by atoms with Crippen LogP contribution in [0.3, 0.4) is 0 Å². The molecule has 0 fully saturated rings. The Morgan fingerprint density at radius 2 is 1.05 bits per heavy atom. The number of hydrogen-bond donors (Lipinski definition) is 0.